The molecule has 4 rings (SSSR count). The minimum Gasteiger partial charge on any atom is -0.463 e. The normalized spacial score (nSPS) is 10.8. The summed E-state index contributed by atoms with van der Waals surface area (Å²) < 4.78 is 8.10. The number of aromatic nitrogens is 6. The summed E-state index contributed by atoms with van der Waals surface area (Å²) in [5, 5.41) is 6.82. The first-order chi connectivity index (χ1) is 13.6. The van der Waals surface area contributed by atoms with Gasteiger partial charge in [-0.25, -0.2) is 19.6 Å². The highest BCUT2D eigenvalue weighted by Crippen LogP contribution is 2.15. The van der Waals surface area contributed by atoms with E-state index in [-0.39, 0.29) is 6.54 Å². The van der Waals surface area contributed by atoms with Gasteiger partial charge in [0, 0.05) is 24.5 Å². The van der Waals surface area contributed by atoms with E-state index >= 15 is 0 Å². The molecule has 10 heteroatoms. The summed E-state index contributed by atoms with van der Waals surface area (Å²) >= 11 is 0. The van der Waals surface area contributed by atoms with Crippen LogP contribution in [0.1, 0.15) is 5.82 Å². The summed E-state index contributed by atoms with van der Waals surface area (Å²) in [6.45, 7) is 1.57. The Bertz CT molecular complexity index is 1180. The lowest BCUT2D eigenvalue weighted by Gasteiger charge is -2.08. The van der Waals surface area contributed by atoms with Crippen LogP contribution in [0, 0.1) is 6.92 Å². The largest absolute Gasteiger partial charge is 0.463 e. The maximum absolute atomic E-state index is 12.4. The van der Waals surface area contributed by atoms with Gasteiger partial charge in [-0.15, -0.1) is 0 Å². The van der Waals surface area contributed by atoms with E-state index in [1.807, 2.05) is 6.92 Å². The molecule has 0 fully saturated rings. The van der Waals surface area contributed by atoms with Gasteiger partial charge < -0.3 is 9.73 Å². The van der Waals surface area contributed by atoms with Gasteiger partial charge in [-0.1, -0.05) is 0 Å². The van der Waals surface area contributed by atoms with E-state index in [2.05, 4.69) is 25.4 Å². The van der Waals surface area contributed by atoms with Crippen LogP contribution in [0.2, 0.25) is 0 Å². The number of amides is 1. The Labute approximate surface area is 158 Å². The molecule has 0 radical (unpaired) electrons. The molecule has 140 valence electrons. The van der Waals surface area contributed by atoms with Crippen LogP contribution in [0.15, 0.2) is 64.5 Å². The Morgan fingerprint density at radius 3 is 2.86 bits per heavy atom. The number of rotatable bonds is 5. The number of nitrogens with zero attached hydrogens (tertiary/aromatic N) is 6. The molecule has 4 aromatic heterocycles. The molecule has 0 bridgehead atoms. The summed E-state index contributed by atoms with van der Waals surface area (Å²) in [4.78, 5) is 36.8. The van der Waals surface area contributed by atoms with Crippen molar-refractivity contribution >= 4 is 11.7 Å². The van der Waals surface area contributed by atoms with Crippen molar-refractivity contribution in [3.8, 4) is 17.3 Å². The van der Waals surface area contributed by atoms with E-state index < -0.39 is 11.5 Å². The Kier molecular flexibility index (Phi) is 4.50. The standard InChI is InChI=1S/C18H15N7O3/c1-12-19-6-7-24(12)16-9-15(20-11-21-16)22-17(26)10-25-18(27)5-4-13(23-25)14-3-2-8-28-14/h2-9,11H,10H2,1H3,(H,20,21,22,26). The van der Waals surface area contributed by atoms with Gasteiger partial charge in [-0.2, -0.15) is 5.10 Å². The van der Waals surface area contributed by atoms with E-state index in [0.29, 0.717) is 23.1 Å². The zero-order valence-electron chi connectivity index (χ0n) is 14.8. The second kappa shape index (κ2) is 7.27. The van der Waals surface area contributed by atoms with Crippen LogP contribution in [0.25, 0.3) is 17.3 Å². The summed E-state index contributed by atoms with van der Waals surface area (Å²) in [5.74, 6) is 1.68. The molecule has 0 aliphatic carbocycles. The fourth-order valence-corrected chi connectivity index (χ4v) is 2.60. The zero-order valence-corrected chi connectivity index (χ0v) is 14.8. The van der Waals surface area contributed by atoms with Crippen molar-refractivity contribution in [1.29, 1.82) is 0 Å². The molecule has 0 atom stereocenters. The van der Waals surface area contributed by atoms with Crippen molar-refractivity contribution in [2.24, 2.45) is 0 Å². The average Bonchev–Trinajstić information content (AvgIpc) is 3.35. The Balaban J connectivity index is 1.52. The van der Waals surface area contributed by atoms with E-state index in [1.165, 1.54) is 18.7 Å². The number of imidazole rings is 1. The van der Waals surface area contributed by atoms with Crippen LogP contribution in [0.3, 0.4) is 0 Å². The summed E-state index contributed by atoms with van der Waals surface area (Å²) in [6, 6.07) is 7.93. The third kappa shape index (κ3) is 3.56. The van der Waals surface area contributed by atoms with E-state index in [0.717, 1.165) is 10.5 Å². The van der Waals surface area contributed by atoms with Crippen LogP contribution in [0.4, 0.5) is 5.82 Å². The molecule has 10 nitrogen and oxygen atoms in total. The van der Waals surface area contributed by atoms with Gasteiger partial charge in [0.25, 0.3) is 5.56 Å². The van der Waals surface area contributed by atoms with Gasteiger partial charge in [0.1, 0.15) is 36.0 Å². The van der Waals surface area contributed by atoms with Crippen molar-refractivity contribution < 1.29 is 9.21 Å². The van der Waals surface area contributed by atoms with Gasteiger partial charge in [-0.05, 0) is 25.1 Å². The first kappa shape index (κ1) is 17.3. The topological polar surface area (TPSA) is 121 Å². The molecule has 1 amide bonds. The molecule has 4 aromatic rings. The minimum atomic E-state index is -0.446. The Morgan fingerprint density at radius 2 is 2.11 bits per heavy atom. The van der Waals surface area contributed by atoms with Crippen molar-refractivity contribution in [2.75, 3.05) is 5.32 Å². The lowest BCUT2D eigenvalue weighted by atomic mass is 10.3. The van der Waals surface area contributed by atoms with Crippen molar-refractivity contribution in [1.82, 2.24) is 29.3 Å². The lowest BCUT2D eigenvalue weighted by Crippen LogP contribution is -2.29. The molecule has 4 heterocycles. The summed E-state index contributed by atoms with van der Waals surface area (Å²) in [7, 11) is 0. The van der Waals surface area contributed by atoms with Crippen molar-refractivity contribution in [2.45, 2.75) is 13.5 Å². The molecule has 0 saturated carbocycles. The summed E-state index contributed by atoms with van der Waals surface area (Å²) in [5.41, 5.74) is 0.0557. The van der Waals surface area contributed by atoms with E-state index in [9.17, 15) is 9.59 Å². The predicted octanol–water partition coefficient (Wildman–Crippen LogP) is 1.43. The predicted molar refractivity (Wildman–Crippen MR) is 98.7 cm³/mol. The van der Waals surface area contributed by atoms with Gasteiger partial charge in [0.05, 0.1) is 6.26 Å². The molecule has 28 heavy (non-hydrogen) atoms. The molecule has 0 unspecified atom stereocenters. The molecule has 0 saturated heterocycles. The number of hydrogen-bond donors (Lipinski definition) is 1. The van der Waals surface area contributed by atoms with Crippen LogP contribution in [-0.2, 0) is 11.3 Å². The second-order valence-electron chi connectivity index (χ2n) is 5.85. The molecule has 0 aliphatic rings. The second-order valence-corrected chi connectivity index (χ2v) is 5.85. The molecule has 0 aromatic carbocycles. The van der Waals surface area contributed by atoms with Gasteiger partial charge in [0.15, 0.2) is 5.76 Å². The van der Waals surface area contributed by atoms with Gasteiger partial charge in [0.2, 0.25) is 5.91 Å². The highest BCUT2D eigenvalue weighted by Gasteiger charge is 2.11. The minimum absolute atomic E-state index is 0.267. The quantitative estimate of drug-likeness (QED) is 0.558. The molecule has 1 N–H and O–H groups in total. The molecule has 0 spiro atoms. The highest BCUT2D eigenvalue weighted by atomic mass is 16.3. The van der Waals surface area contributed by atoms with Crippen molar-refractivity contribution in [3.05, 3.63) is 71.5 Å². The fourth-order valence-electron chi connectivity index (χ4n) is 2.60. The Morgan fingerprint density at radius 1 is 1.21 bits per heavy atom. The first-order valence-electron chi connectivity index (χ1n) is 8.34. The number of anilines is 1. The number of hydrogen-bond acceptors (Lipinski definition) is 7. The molecular weight excluding hydrogens is 362 g/mol. The third-order valence-corrected chi connectivity index (χ3v) is 3.93. The first-order valence-corrected chi connectivity index (χ1v) is 8.34. The number of nitrogens with one attached hydrogen (secondary N) is 1. The Hall–Kier alpha value is -4.08. The smallest absolute Gasteiger partial charge is 0.267 e. The van der Waals surface area contributed by atoms with Crippen LogP contribution in [0.5, 0.6) is 0 Å². The third-order valence-electron chi connectivity index (χ3n) is 3.93. The number of aryl methyl sites for hydroxylation is 1. The SMILES string of the molecule is Cc1nccn1-c1cc(NC(=O)Cn2nc(-c3ccco3)ccc2=O)ncn1. The van der Waals surface area contributed by atoms with Crippen LogP contribution >= 0.6 is 0 Å². The molecule has 0 aliphatic heterocycles. The van der Waals surface area contributed by atoms with Crippen molar-refractivity contribution in [3.63, 3.8) is 0 Å². The maximum Gasteiger partial charge on any atom is 0.267 e. The number of carbonyl (C=O) groups is 1. The average molecular weight is 377 g/mol. The summed E-state index contributed by atoms with van der Waals surface area (Å²) in [6.07, 6.45) is 6.26. The fraction of sp³-hybridized carbons (Fsp3) is 0.111. The number of furan rings is 1. The number of carbonyl (C=O) groups excluding carboxylic acids is 1. The maximum atomic E-state index is 12.4. The zero-order chi connectivity index (χ0) is 19.5. The van der Waals surface area contributed by atoms with Crippen LogP contribution < -0.4 is 10.9 Å². The van der Waals surface area contributed by atoms with Gasteiger partial charge in [-0.3, -0.25) is 14.2 Å². The highest BCUT2D eigenvalue weighted by molar-refractivity contribution is 5.89. The van der Waals surface area contributed by atoms with Crippen LogP contribution in [-0.4, -0.2) is 35.2 Å². The van der Waals surface area contributed by atoms with E-state index in [4.69, 9.17) is 4.42 Å². The van der Waals surface area contributed by atoms with E-state index in [1.54, 1.807) is 41.2 Å². The molecular formula is C18H15N7O3. The lowest BCUT2D eigenvalue weighted by molar-refractivity contribution is -0.117. The monoisotopic (exact) mass is 377 g/mol. The van der Waals surface area contributed by atoms with Gasteiger partial charge >= 0.3 is 0 Å².